The normalized spacial score (nSPS) is 12.2. The van der Waals surface area contributed by atoms with E-state index >= 15 is 0 Å². The molecule has 3 aromatic heterocycles. The fraction of sp³-hybridized carbons (Fsp3) is 0.255. The van der Waals surface area contributed by atoms with Gasteiger partial charge in [-0.05, 0) is 86.1 Å². The van der Waals surface area contributed by atoms with E-state index in [1.54, 1.807) is 14.2 Å². The Labute approximate surface area is 345 Å². The molecule has 0 radical (unpaired) electrons. The van der Waals surface area contributed by atoms with Crippen molar-refractivity contribution in [1.82, 2.24) is 13.7 Å². The first-order valence-electron chi connectivity index (χ1n) is 20.8. The zero-order chi connectivity index (χ0) is 40.1. The highest BCUT2D eigenvalue weighted by molar-refractivity contribution is 6.13. The van der Waals surface area contributed by atoms with Crippen molar-refractivity contribution in [1.29, 1.82) is 0 Å². The van der Waals surface area contributed by atoms with Crippen LogP contribution in [-0.2, 0) is 38.6 Å². The summed E-state index contributed by atoms with van der Waals surface area (Å²) in [5.74, 6) is 0. The standard InChI is InChI=1S/C51H52N4O4/c1-4-58-32-33-59-31-28-54-48-19-11-8-16-42(48)45-36-39(22-25-51(45)54)55(38-21-24-50-44(35-38)41-15-7-10-18-47(41)53(50)27-30-57-3)37-20-23-49-43(34-37)40-14-6-9-17-46(40)52(49)26-12-5-13-29-56-2/h5-12,14-25,34-36H,4,13,26-33H2,1-3H3/b12-5-. The largest absolute Gasteiger partial charge is 0.384 e. The minimum atomic E-state index is 0.591. The second-order valence-corrected chi connectivity index (χ2v) is 15.0. The molecule has 8 nitrogen and oxygen atoms in total. The molecule has 0 saturated heterocycles. The van der Waals surface area contributed by atoms with Crippen LogP contribution in [0.5, 0.6) is 0 Å². The fourth-order valence-corrected chi connectivity index (χ4v) is 8.85. The molecule has 6 aromatic carbocycles. The Morgan fingerprint density at radius 2 is 0.881 bits per heavy atom. The van der Waals surface area contributed by atoms with E-state index in [0.717, 1.165) is 49.7 Å². The molecule has 0 aliphatic rings. The molecule has 0 N–H and O–H groups in total. The maximum Gasteiger partial charge on any atom is 0.0701 e. The molecule has 0 unspecified atom stereocenters. The molecular formula is C51H52N4O4. The van der Waals surface area contributed by atoms with Crippen LogP contribution in [0.15, 0.2) is 140 Å². The monoisotopic (exact) mass is 784 g/mol. The van der Waals surface area contributed by atoms with Gasteiger partial charge in [-0.25, -0.2) is 0 Å². The molecule has 0 bridgehead atoms. The third-order valence-corrected chi connectivity index (χ3v) is 11.5. The molecule has 9 rings (SSSR count). The lowest BCUT2D eigenvalue weighted by Crippen LogP contribution is -2.11. The van der Waals surface area contributed by atoms with E-state index in [4.69, 9.17) is 18.9 Å². The van der Waals surface area contributed by atoms with E-state index in [2.05, 4.69) is 158 Å². The number of benzene rings is 6. The third kappa shape index (κ3) is 7.38. The van der Waals surface area contributed by atoms with E-state index in [9.17, 15) is 0 Å². The van der Waals surface area contributed by atoms with E-state index < -0.39 is 0 Å². The summed E-state index contributed by atoms with van der Waals surface area (Å²) in [6.45, 7) is 8.22. The van der Waals surface area contributed by atoms with Crippen molar-refractivity contribution in [2.75, 3.05) is 58.8 Å². The highest BCUT2D eigenvalue weighted by Gasteiger charge is 2.21. The van der Waals surface area contributed by atoms with Crippen molar-refractivity contribution in [3.63, 3.8) is 0 Å². The number of rotatable bonds is 18. The number of hydrogen-bond acceptors (Lipinski definition) is 5. The van der Waals surface area contributed by atoms with Gasteiger partial charge >= 0.3 is 0 Å². The first-order chi connectivity index (χ1) is 29.2. The second kappa shape index (κ2) is 17.5. The van der Waals surface area contributed by atoms with E-state index in [-0.39, 0.29) is 0 Å². The lowest BCUT2D eigenvalue weighted by atomic mass is 10.1. The van der Waals surface area contributed by atoms with Crippen LogP contribution in [0, 0.1) is 0 Å². The number of para-hydroxylation sites is 3. The van der Waals surface area contributed by atoms with Gasteiger partial charge in [-0.3, -0.25) is 0 Å². The molecule has 0 spiro atoms. The Morgan fingerprint density at radius 3 is 1.39 bits per heavy atom. The summed E-state index contributed by atoms with van der Waals surface area (Å²) in [6.07, 6.45) is 5.36. The molecule has 0 saturated carbocycles. The predicted octanol–water partition coefficient (Wildman–Crippen LogP) is 11.8. The van der Waals surface area contributed by atoms with Gasteiger partial charge in [0.15, 0.2) is 0 Å². The van der Waals surface area contributed by atoms with E-state index in [1.807, 2.05) is 6.92 Å². The fourth-order valence-electron chi connectivity index (χ4n) is 8.85. The van der Waals surface area contributed by atoms with E-state index in [1.165, 1.54) is 65.4 Å². The van der Waals surface area contributed by atoms with Crippen molar-refractivity contribution in [2.45, 2.75) is 33.0 Å². The number of methoxy groups -OCH3 is 2. The molecule has 8 heteroatoms. The number of fused-ring (bicyclic) bond motifs is 9. The summed E-state index contributed by atoms with van der Waals surface area (Å²) in [6, 6.07) is 47.0. The van der Waals surface area contributed by atoms with Gasteiger partial charge in [-0.15, -0.1) is 0 Å². The maximum absolute atomic E-state index is 6.00. The SMILES string of the molecule is CCOCCOCCn1c2ccccc2c2cc(N(c3ccc4c(c3)c3ccccc3n4C/C=C\CCOC)c3ccc4c(c3)c3ccccc3n4CCOC)ccc21. The molecular weight excluding hydrogens is 733 g/mol. The topological polar surface area (TPSA) is 55.0 Å². The summed E-state index contributed by atoms with van der Waals surface area (Å²) in [5, 5.41) is 7.37. The number of hydrogen-bond donors (Lipinski definition) is 0. The highest BCUT2D eigenvalue weighted by atomic mass is 16.5. The molecule has 3 heterocycles. The molecule has 0 aliphatic carbocycles. The van der Waals surface area contributed by atoms with Crippen molar-refractivity contribution >= 4 is 82.5 Å². The van der Waals surface area contributed by atoms with Crippen molar-refractivity contribution < 1.29 is 18.9 Å². The van der Waals surface area contributed by atoms with Crippen LogP contribution in [0.4, 0.5) is 17.1 Å². The predicted molar refractivity (Wildman–Crippen MR) is 245 cm³/mol. The minimum absolute atomic E-state index is 0.591. The number of anilines is 3. The minimum Gasteiger partial charge on any atom is -0.384 e. The summed E-state index contributed by atoms with van der Waals surface area (Å²) >= 11 is 0. The van der Waals surface area contributed by atoms with Crippen molar-refractivity contribution in [3.05, 3.63) is 140 Å². The van der Waals surface area contributed by atoms with Gasteiger partial charge in [0.1, 0.15) is 0 Å². The zero-order valence-corrected chi connectivity index (χ0v) is 34.3. The lowest BCUT2D eigenvalue weighted by Gasteiger charge is -2.26. The highest BCUT2D eigenvalue weighted by Crippen LogP contribution is 2.43. The van der Waals surface area contributed by atoms with Crippen LogP contribution in [0.2, 0.25) is 0 Å². The summed E-state index contributed by atoms with van der Waals surface area (Å²) in [4.78, 5) is 2.43. The molecule has 0 amide bonds. The van der Waals surface area contributed by atoms with Gasteiger partial charge in [0.2, 0.25) is 0 Å². The molecule has 59 heavy (non-hydrogen) atoms. The Bertz CT molecular complexity index is 2920. The van der Waals surface area contributed by atoms with E-state index in [0.29, 0.717) is 33.0 Å². The van der Waals surface area contributed by atoms with Gasteiger partial charge in [-0.2, -0.15) is 0 Å². The van der Waals surface area contributed by atoms with Crippen molar-refractivity contribution in [2.24, 2.45) is 0 Å². The number of ether oxygens (including phenoxy) is 4. The molecule has 0 aliphatic heterocycles. The lowest BCUT2D eigenvalue weighted by molar-refractivity contribution is 0.0503. The Morgan fingerprint density at radius 1 is 0.441 bits per heavy atom. The number of aromatic nitrogens is 3. The van der Waals surface area contributed by atoms with Gasteiger partial charge < -0.3 is 37.5 Å². The van der Waals surface area contributed by atoms with Crippen LogP contribution in [0.25, 0.3) is 65.4 Å². The van der Waals surface area contributed by atoms with Crippen LogP contribution < -0.4 is 4.90 Å². The summed E-state index contributed by atoms with van der Waals surface area (Å²) < 4.78 is 29.5. The zero-order valence-electron chi connectivity index (χ0n) is 34.3. The van der Waals surface area contributed by atoms with Gasteiger partial charge in [0.25, 0.3) is 0 Å². The molecule has 0 fully saturated rings. The first kappa shape index (κ1) is 38.6. The number of nitrogens with zero attached hydrogens (tertiary/aromatic N) is 4. The van der Waals surface area contributed by atoms with Crippen molar-refractivity contribution in [3.8, 4) is 0 Å². The first-order valence-corrected chi connectivity index (χ1v) is 20.8. The average Bonchev–Trinajstić information content (AvgIpc) is 3.89. The van der Waals surface area contributed by atoms with Crippen LogP contribution in [0.3, 0.4) is 0 Å². The van der Waals surface area contributed by atoms with Gasteiger partial charge in [0, 0.05) is 130 Å². The molecule has 300 valence electrons. The van der Waals surface area contributed by atoms with Gasteiger partial charge in [0.05, 0.1) is 26.4 Å². The Kier molecular flexibility index (Phi) is 11.5. The molecule has 0 atom stereocenters. The Balaban J connectivity index is 1.21. The summed E-state index contributed by atoms with van der Waals surface area (Å²) in [5.41, 5.74) is 10.5. The van der Waals surface area contributed by atoms with Crippen LogP contribution in [0.1, 0.15) is 13.3 Å². The maximum atomic E-state index is 6.00. The smallest absolute Gasteiger partial charge is 0.0701 e. The summed E-state index contributed by atoms with van der Waals surface area (Å²) in [7, 11) is 3.52. The second-order valence-electron chi connectivity index (χ2n) is 15.0. The van der Waals surface area contributed by atoms with Gasteiger partial charge in [-0.1, -0.05) is 66.7 Å². The Hall–Kier alpha value is -5.90. The molecule has 9 aromatic rings. The average molecular weight is 785 g/mol. The quantitative estimate of drug-likeness (QED) is 0.0641. The number of allylic oxidation sites excluding steroid dienone is 1. The van der Waals surface area contributed by atoms with Crippen LogP contribution >= 0.6 is 0 Å². The van der Waals surface area contributed by atoms with Crippen LogP contribution in [-0.4, -0.2) is 67.6 Å². The third-order valence-electron chi connectivity index (χ3n) is 11.5.